The molecule has 0 aliphatic heterocycles. The number of benzene rings is 1. The number of nitrogens with zero attached hydrogens (tertiary/aromatic N) is 3. The van der Waals surface area contributed by atoms with Crippen LogP contribution in [0.15, 0.2) is 35.4 Å². The Balaban J connectivity index is 2.03. The van der Waals surface area contributed by atoms with Crippen LogP contribution in [0, 0.1) is 6.92 Å². The standard InChI is InChI=1S/C13H18N4O2S/c1-3-8-17-10-12(15-16-17)9-14-20(18,19)13-6-4-11(2)5-7-13/h4-7,10,14H,3,8-9H2,1-2H3. The van der Waals surface area contributed by atoms with Crippen LogP contribution in [-0.2, 0) is 23.1 Å². The van der Waals surface area contributed by atoms with Crippen LogP contribution in [0.3, 0.4) is 0 Å². The van der Waals surface area contributed by atoms with Crippen LogP contribution >= 0.6 is 0 Å². The van der Waals surface area contributed by atoms with Gasteiger partial charge in [-0.25, -0.2) is 13.1 Å². The van der Waals surface area contributed by atoms with E-state index in [0.717, 1.165) is 18.5 Å². The summed E-state index contributed by atoms with van der Waals surface area (Å²) in [6.45, 7) is 4.87. The van der Waals surface area contributed by atoms with Crippen LogP contribution in [0.5, 0.6) is 0 Å². The van der Waals surface area contributed by atoms with Gasteiger partial charge in [0, 0.05) is 12.7 Å². The van der Waals surface area contributed by atoms with Crippen molar-refractivity contribution in [1.29, 1.82) is 0 Å². The van der Waals surface area contributed by atoms with Crippen LogP contribution in [-0.4, -0.2) is 23.4 Å². The predicted octanol–water partition coefficient (Wildman–Crippen LogP) is 1.48. The number of sulfonamides is 1. The molecule has 1 heterocycles. The van der Waals surface area contributed by atoms with Crippen LogP contribution in [0.25, 0.3) is 0 Å². The summed E-state index contributed by atoms with van der Waals surface area (Å²) in [6, 6.07) is 6.72. The summed E-state index contributed by atoms with van der Waals surface area (Å²) in [5.41, 5.74) is 1.63. The van der Waals surface area contributed by atoms with Gasteiger partial charge in [0.15, 0.2) is 0 Å². The van der Waals surface area contributed by atoms with E-state index in [-0.39, 0.29) is 11.4 Å². The number of hydrogen-bond acceptors (Lipinski definition) is 4. The van der Waals surface area contributed by atoms with Gasteiger partial charge in [0.05, 0.1) is 17.1 Å². The normalized spacial score (nSPS) is 11.7. The summed E-state index contributed by atoms with van der Waals surface area (Å²) in [6.07, 6.45) is 2.71. The summed E-state index contributed by atoms with van der Waals surface area (Å²) >= 11 is 0. The first kappa shape index (κ1) is 14.7. The summed E-state index contributed by atoms with van der Waals surface area (Å²) in [7, 11) is -3.51. The second kappa shape index (κ2) is 6.15. The minimum Gasteiger partial charge on any atom is -0.252 e. The Kier molecular flexibility index (Phi) is 4.51. The van der Waals surface area contributed by atoms with Gasteiger partial charge in [-0.2, -0.15) is 0 Å². The van der Waals surface area contributed by atoms with E-state index < -0.39 is 10.0 Å². The smallest absolute Gasteiger partial charge is 0.240 e. The zero-order chi connectivity index (χ0) is 14.6. The zero-order valence-electron chi connectivity index (χ0n) is 11.6. The zero-order valence-corrected chi connectivity index (χ0v) is 12.4. The number of aryl methyl sites for hydroxylation is 2. The number of rotatable bonds is 6. The molecule has 108 valence electrons. The topological polar surface area (TPSA) is 76.9 Å². The maximum atomic E-state index is 12.1. The highest BCUT2D eigenvalue weighted by molar-refractivity contribution is 7.89. The lowest BCUT2D eigenvalue weighted by Crippen LogP contribution is -2.23. The molecule has 2 rings (SSSR count). The molecule has 0 aliphatic carbocycles. The fourth-order valence-electron chi connectivity index (χ4n) is 1.73. The fourth-order valence-corrected chi connectivity index (χ4v) is 2.73. The SMILES string of the molecule is CCCn1cc(CNS(=O)(=O)c2ccc(C)cc2)nn1. The first-order valence-electron chi connectivity index (χ1n) is 6.46. The van der Waals surface area contributed by atoms with Gasteiger partial charge in [0.2, 0.25) is 10.0 Å². The number of hydrogen-bond donors (Lipinski definition) is 1. The van der Waals surface area contributed by atoms with Gasteiger partial charge in [-0.15, -0.1) is 5.10 Å². The lowest BCUT2D eigenvalue weighted by Gasteiger charge is -2.05. The molecule has 0 unspecified atom stereocenters. The number of aromatic nitrogens is 3. The van der Waals surface area contributed by atoms with E-state index in [2.05, 4.69) is 15.0 Å². The third kappa shape index (κ3) is 3.64. The molecule has 7 heteroatoms. The molecule has 1 aromatic carbocycles. The molecule has 2 aromatic rings. The Morgan fingerprint density at radius 2 is 1.95 bits per heavy atom. The molecule has 20 heavy (non-hydrogen) atoms. The molecule has 0 saturated carbocycles. The minimum absolute atomic E-state index is 0.139. The molecule has 0 amide bonds. The number of nitrogens with one attached hydrogen (secondary N) is 1. The third-order valence-corrected chi connectivity index (χ3v) is 4.23. The van der Waals surface area contributed by atoms with Crippen LogP contribution in [0.4, 0.5) is 0 Å². The van der Waals surface area contributed by atoms with Crippen LogP contribution in [0.2, 0.25) is 0 Å². The monoisotopic (exact) mass is 294 g/mol. The maximum Gasteiger partial charge on any atom is 0.240 e. The Morgan fingerprint density at radius 1 is 1.25 bits per heavy atom. The second-order valence-corrected chi connectivity index (χ2v) is 6.38. The Labute approximate surface area is 118 Å². The highest BCUT2D eigenvalue weighted by atomic mass is 32.2. The fraction of sp³-hybridized carbons (Fsp3) is 0.385. The van der Waals surface area contributed by atoms with Crippen molar-refractivity contribution in [3.8, 4) is 0 Å². The van der Waals surface area contributed by atoms with Gasteiger partial charge in [0.1, 0.15) is 0 Å². The first-order chi connectivity index (χ1) is 9.51. The molecule has 6 nitrogen and oxygen atoms in total. The molecule has 0 fully saturated rings. The Morgan fingerprint density at radius 3 is 2.60 bits per heavy atom. The third-order valence-electron chi connectivity index (χ3n) is 2.81. The average Bonchev–Trinajstić information content (AvgIpc) is 2.85. The highest BCUT2D eigenvalue weighted by Crippen LogP contribution is 2.10. The summed E-state index contributed by atoms with van der Waals surface area (Å²) < 4.78 is 28.4. The van der Waals surface area contributed by atoms with Crippen LogP contribution < -0.4 is 4.72 Å². The van der Waals surface area contributed by atoms with E-state index in [9.17, 15) is 8.42 Å². The maximum absolute atomic E-state index is 12.1. The van der Waals surface area contributed by atoms with E-state index >= 15 is 0 Å². The van der Waals surface area contributed by atoms with Gasteiger partial charge in [-0.3, -0.25) is 4.68 Å². The molecule has 0 bridgehead atoms. The molecular formula is C13H18N4O2S. The molecule has 0 radical (unpaired) electrons. The van der Waals surface area contributed by atoms with Crippen molar-refractivity contribution in [1.82, 2.24) is 19.7 Å². The Bertz CT molecular complexity index is 662. The Hall–Kier alpha value is -1.73. The predicted molar refractivity (Wildman–Crippen MR) is 75.5 cm³/mol. The van der Waals surface area contributed by atoms with Crippen molar-refractivity contribution in [2.45, 2.75) is 38.3 Å². The van der Waals surface area contributed by atoms with E-state index in [4.69, 9.17) is 0 Å². The van der Waals surface area contributed by atoms with Gasteiger partial charge in [-0.05, 0) is 25.5 Å². The van der Waals surface area contributed by atoms with Gasteiger partial charge in [-0.1, -0.05) is 29.8 Å². The molecule has 0 aliphatic rings. The van der Waals surface area contributed by atoms with Crippen molar-refractivity contribution in [2.75, 3.05) is 0 Å². The lowest BCUT2D eigenvalue weighted by atomic mass is 10.2. The average molecular weight is 294 g/mol. The van der Waals surface area contributed by atoms with Gasteiger partial charge < -0.3 is 0 Å². The minimum atomic E-state index is -3.51. The van der Waals surface area contributed by atoms with Crippen molar-refractivity contribution in [3.05, 3.63) is 41.7 Å². The van der Waals surface area contributed by atoms with E-state index in [1.54, 1.807) is 35.1 Å². The summed E-state index contributed by atoms with van der Waals surface area (Å²) in [5.74, 6) is 0. The van der Waals surface area contributed by atoms with Crippen molar-refractivity contribution in [3.63, 3.8) is 0 Å². The largest absolute Gasteiger partial charge is 0.252 e. The van der Waals surface area contributed by atoms with Gasteiger partial charge >= 0.3 is 0 Å². The quantitative estimate of drug-likeness (QED) is 0.875. The van der Waals surface area contributed by atoms with Crippen molar-refractivity contribution < 1.29 is 8.42 Å². The first-order valence-corrected chi connectivity index (χ1v) is 7.95. The summed E-state index contributed by atoms with van der Waals surface area (Å²) in [4.78, 5) is 0.254. The van der Waals surface area contributed by atoms with Crippen molar-refractivity contribution >= 4 is 10.0 Å². The van der Waals surface area contributed by atoms with Crippen molar-refractivity contribution in [2.24, 2.45) is 0 Å². The van der Waals surface area contributed by atoms with E-state index in [1.165, 1.54) is 0 Å². The molecule has 0 saturated heterocycles. The lowest BCUT2D eigenvalue weighted by molar-refractivity contribution is 0.578. The molecule has 0 atom stereocenters. The molecule has 0 spiro atoms. The van der Waals surface area contributed by atoms with Gasteiger partial charge in [0.25, 0.3) is 0 Å². The molecular weight excluding hydrogens is 276 g/mol. The second-order valence-electron chi connectivity index (χ2n) is 4.61. The molecule has 1 N–H and O–H groups in total. The van der Waals surface area contributed by atoms with E-state index in [1.807, 2.05) is 13.8 Å². The summed E-state index contributed by atoms with van der Waals surface area (Å²) in [5, 5.41) is 7.85. The van der Waals surface area contributed by atoms with E-state index in [0.29, 0.717) is 5.69 Å². The van der Waals surface area contributed by atoms with Crippen LogP contribution in [0.1, 0.15) is 24.6 Å². The highest BCUT2D eigenvalue weighted by Gasteiger charge is 2.14. The molecule has 1 aromatic heterocycles.